The van der Waals surface area contributed by atoms with E-state index in [0.29, 0.717) is 5.69 Å². The van der Waals surface area contributed by atoms with Gasteiger partial charge < -0.3 is 14.6 Å². The third-order valence-corrected chi connectivity index (χ3v) is 5.03. The summed E-state index contributed by atoms with van der Waals surface area (Å²) in [5.41, 5.74) is 2.68. The largest absolute Gasteiger partial charge is 0.459 e. The highest BCUT2D eigenvalue weighted by atomic mass is 32.1. The Labute approximate surface area is 160 Å². The zero-order valence-electron chi connectivity index (χ0n) is 14.5. The van der Waals surface area contributed by atoms with E-state index in [1.165, 1.54) is 17.6 Å². The minimum Gasteiger partial charge on any atom is -0.459 e. The molecule has 4 aromatic rings. The van der Waals surface area contributed by atoms with E-state index in [1.807, 2.05) is 66.5 Å². The molecule has 0 aliphatic rings. The second-order valence-corrected chi connectivity index (χ2v) is 6.75. The molecular formula is C20H16N4O2S. The average Bonchev–Trinajstić information content (AvgIpc) is 3.41. The first kappa shape index (κ1) is 17.0. The summed E-state index contributed by atoms with van der Waals surface area (Å²) in [6.45, 7) is 0. The van der Waals surface area contributed by atoms with E-state index in [4.69, 9.17) is 4.42 Å². The van der Waals surface area contributed by atoms with Gasteiger partial charge in [-0.15, -0.1) is 10.2 Å². The minimum absolute atomic E-state index is 0.275. The number of hydrogen-bond acceptors (Lipinski definition) is 6. The Morgan fingerprint density at radius 2 is 1.78 bits per heavy atom. The molecule has 0 radical (unpaired) electrons. The molecule has 4 rings (SSSR count). The van der Waals surface area contributed by atoms with Gasteiger partial charge in [0, 0.05) is 24.0 Å². The Hall–Kier alpha value is -3.45. The van der Waals surface area contributed by atoms with Crippen molar-refractivity contribution in [3.8, 4) is 10.6 Å². The van der Waals surface area contributed by atoms with Gasteiger partial charge in [-0.3, -0.25) is 4.79 Å². The fourth-order valence-corrected chi connectivity index (χ4v) is 3.36. The highest BCUT2D eigenvalue weighted by molar-refractivity contribution is 7.18. The van der Waals surface area contributed by atoms with E-state index in [1.54, 1.807) is 12.1 Å². The molecule has 1 N–H and O–H groups in total. The fraction of sp³-hybridized carbons (Fsp3) is 0.0500. The van der Waals surface area contributed by atoms with Crippen molar-refractivity contribution in [3.63, 3.8) is 0 Å². The summed E-state index contributed by atoms with van der Waals surface area (Å²) >= 11 is 1.51. The number of nitrogens with zero attached hydrogens (tertiary/aromatic N) is 3. The van der Waals surface area contributed by atoms with Crippen LogP contribution in [0.1, 0.15) is 10.6 Å². The normalized spacial score (nSPS) is 10.6. The van der Waals surface area contributed by atoms with Gasteiger partial charge in [-0.1, -0.05) is 29.5 Å². The number of hydrogen-bond donors (Lipinski definition) is 1. The molecule has 0 saturated carbocycles. The van der Waals surface area contributed by atoms with E-state index >= 15 is 0 Å². The van der Waals surface area contributed by atoms with Gasteiger partial charge >= 0.3 is 0 Å². The van der Waals surface area contributed by atoms with Crippen molar-refractivity contribution in [1.82, 2.24) is 10.2 Å². The maximum atomic E-state index is 12.0. The molecule has 1 amide bonds. The molecule has 0 bridgehead atoms. The fourth-order valence-electron chi connectivity index (χ4n) is 2.53. The van der Waals surface area contributed by atoms with Crippen LogP contribution in [0.3, 0.4) is 0 Å². The Morgan fingerprint density at radius 1 is 1.00 bits per heavy atom. The SMILES string of the molecule is CN(c1ccccc1)c1nnc(-c2ccc(NC(=O)c3ccco3)cc2)s1. The molecule has 2 aromatic heterocycles. The van der Waals surface area contributed by atoms with Crippen molar-refractivity contribution in [3.05, 3.63) is 78.8 Å². The van der Waals surface area contributed by atoms with Gasteiger partial charge in [0.05, 0.1) is 6.26 Å². The lowest BCUT2D eigenvalue weighted by molar-refractivity contribution is 0.0996. The summed E-state index contributed by atoms with van der Waals surface area (Å²) in [6.07, 6.45) is 1.47. The molecule has 0 spiro atoms. The standard InChI is InChI=1S/C20H16N4O2S/c1-24(16-6-3-2-4-7-16)20-23-22-19(27-20)14-9-11-15(12-10-14)21-18(25)17-8-5-13-26-17/h2-13H,1H3,(H,21,25). The second kappa shape index (κ2) is 7.43. The van der Waals surface area contributed by atoms with Gasteiger partial charge in [0.15, 0.2) is 5.76 Å². The van der Waals surface area contributed by atoms with Crippen LogP contribution in [0.5, 0.6) is 0 Å². The average molecular weight is 376 g/mol. The molecule has 27 heavy (non-hydrogen) atoms. The van der Waals surface area contributed by atoms with Crippen LogP contribution in [-0.4, -0.2) is 23.2 Å². The summed E-state index contributed by atoms with van der Waals surface area (Å²) in [6, 6.07) is 20.8. The minimum atomic E-state index is -0.282. The molecule has 0 saturated heterocycles. The molecule has 0 aliphatic heterocycles. The quantitative estimate of drug-likeness (QED) is 0.541. The number of anilines is 3. The lowest BCUT2D eigenvalue weighted by atomic mass is 10.2. The Balaban J connectivity index is 1.48. The van der Waals surface area contributed by atoms with Crippen LogP contribution >= 0.6 is 11.3 Å². The van der Waals surface area contributed by atoms with Gasteiger partial charge in [-0.2, -0.15) is 0 Å². The molecule has 7 heteroatoms. The number of carbonyl (C=O) groups excluding carboxylic acids is 1. The van der Waals surface area contributed by atoms with E-state index < -0.39 is 0 Å². The molecule has 0 atom stereocenters. The molecule has 2 heterocycles. The van der Waals surface area contributed by atoms with Crippen LogP contribution in [0.15, 0.2) is 77.4 Å². The van der Waals surface area contributed by atoms with Gasteiger partial charge in [0.1, 0.15) is 5.01 Å². The summed E-state index contributed by atoms with van der Waals surface area (Å²) < 4.78 is 5.09. The first-order valence-electron chi connectivity index (χ1n) is 8.28. The Bertz CT molecular complexity index is 1030. The summed E-state index contributed by atoms with van der Waals surface area (Å²) in [7, 11) is 1.97. The maximum Gasteiger partial charge on any atom is 0.291 e. The third-order valence-electron chi connectivity index (χ3n) is 3.98. The lowest BCUT2D eigenvalue weighted by Crippen LogP contribution is -2.10. The van der Waals surface area contributed by atoms with Gasteiger partial charge in [-0.05, 0) is 48.5 Å². The van der Waals surface area contributed by atoms with Gasteiger partial charge in [-0.25, -0.2) is 0 Å². The number of furan rings is 1. The van der Waals surface area contributed by atoms with Crippen molar-refractivity contribution in [1.29, 1.82) is 0 Å². The van der Waals surface area contributed by atoms with Crippen molar-refractivity contribution >= 4 is 33.8 Å². The highest BCUT2D eigenvalue weighted by Gasteiger charge is 2.13. The first-order chi connectivity index (χ1) is 13.2. The monoisotopic (exact) mass is 376 g/mol. The summed E-state index contributed by atoms with van der Waals surface area (Å²) in [5.74, 6) is -0.00720. The number of para-hydroxylation sites is 1. The van der Waals surface area contributed by atoms with Crippen LogP contribution in [-0.2, 0) is 0 Å². The van der Waals surface area contributed by atoms with Gasteiger partial charge in [0.2, 0.25) is 5.13 Å². The first-order valence-corrected chi connectivity index (χ1v) is 9.10. The molecule has 0 unspecified atom stereocenters. The number of carbonyl (C=O) groups is 1. The van der Waals surface area contributed by atoms with Crippen molar-refractivity contribution in [2.24, 2.45) is 0 Å². The van der Waals surface area contributed by atoms with Crippen LogP contribution < -0.4 is 10.2 Å². The third kappa shape index (κ3) is 3.73. The molecule has 6 nitrogen and oxygen atoms in total. The van der Waals surface area contributed by atoms with Crippen LogP contribution in [0.25, 0.3) is 10.6 Å². The predicted molar refractivity (Wildman–Crippen MR) is 107 cm³/mol. The predicted octanol–water partition coefficient (Wildman–Crippen LogP) is 4.82. The van der Waals surface area contributed by atoms with Gasteiger partial charge in [0.25, 0.3) is 5.91 Å². The second-order valence-electron chi connectivity index (χ2n) is 5.79. The molecular weight excluding hydrogens is 360 g/mol. The summed E-state index contributed by atoms with van der Waals surface area (Å²) in [5, 5.41) is 13.0. The summed E-state index contributed by atoms with van der Waals surface area (Å²) in [4.78, 5) is 14.0. The van der Waals surface area contributed by atoms with Crippen LogP contribution in [0.4, 0.5) is 16.5 Å². The lowest BCUT2D eigenvalue weighted by Gasteiger charge is -2.14. The molecule has 2 aromatic carbocycles. The molecule has 0 fully saturated rings. The van der Waals surface area contributed by atoms with Crippen LogP contribution in [0, 0.1) is 0 Å². The smallest absolute Gasteiger partial charge is 0.291 e. The topological polar surface area (TPSA) is 71.3 Å². The molecule has 0 aliphatic carbocycles. The van der Waals surface area contributed by atoms with Crippen LogP contribution in [0.2, 0.25) is 0 Å². The number of aromatic nitrogens is 2. The number of amides is 1. The van der Waals surface area contributed by atoms with E-state index in [-0.39, 0.29) is 11.7 Å². The van der Waals surface area contributed by atoms with E-state index in [0.717, 1.165) is 21.4 Å². The Morgan fingerprint density at radius 3 is 2.48 bits per heavy atom. The van der Waals surface area contributed by atoms with Crippen molar-refractivity contribution in [2.45, 2.75) is 0 Å². The highest BCUT2D eigenvalue weighted by Crippen LogP contribution is 2.32. The Kier molecular flexibility index (Phi) is 4.67. The van der Waals surface area contributed by atoms with Crippen molar-refractivity contribution < 1.29 is 9.21 Å². The van der Waals surface area contributed by atoms with E-state index in [9.17, 15) is 4.79 Å². The molecule has 134 valence electrons. The van der Waals surface area contributed by atoms with Crippen molar-refractivity contribution in [2.75, 3.05) is 17.3 Å². The maximum absolute atomic E-state index is 12.0. The van der Waals surface area contributed by atoms with E-state index in [2.05, 4.69) is 15.5 Å². The number of nitrogens with one attached hydrogen (secondary N) is 1. The number of rotatable bonds is 5. The zero-order chi connectivity index (χ0) is 18.6. The zero-order valence-corrected chi connectivity index (χ0v) is 15.3. The number of benzene rings is 2.